The van der Waals surface area contributed by atoms with Crippen molar-refractivity contribution in [1.82, 2.24) is 0 Å². The van der Waals surface area contributed by atoms with Crippen LogP contribution >= 0.6 is 0 Å². The molecule has 3 aromatic carbocycles. The van der Waals surface area contributed by atoms with E-state index in [0.29, 0.717) is 0 Å². The van der Waals surface area contributed by atoms with Crippen LogP contribution in [0.5, 0.6) is 5.75 Å². The fourth-order valence-corrected chi connectivity index (χ4v) is 4.58. The highest BCUT2D eigenvalue weighted by Gasteiger charge is 2.60. The molecule has 2 nitrogen and oxygen atoms in total. The Kier molecular flexibility index (Phi) is 4.29. The van der Waals surface area contributed by atoms with E-state index in [2.05, 4.69) is 43.3 Å². The smallest absolute Gasteiger partial charge is 0.118 e. The van der Waals surface area contributed by atoms with Crippen molar-refractivity contribution >= 4 is 0 Å². The van der Waals surface area contributed by atoms with Gasteiger partial charge < -0.3 is 9.84 Å². The zero-order valence-electron chi connectivity index (χ0n) is 15.2. The SMILES string of the molecule is COc1ccc([C@H]2[C@@H](C)[C@@](O)(c3ccccc3)[C@@H]2c2ccccc2)cc1. The van der Waals surface area contributed by atoms with E-state index < -0.39 is 5.60 Å². The molecule has 0 spiro atoms. The summed E-state index contributed by atoms with van der Waals surface area (Å²) in [6.45, 7) is 2.15. The van der Waals surface area contributed by atoms with Crippen LogP contribution in [0.15, 0.2) is 84.9 Å². The van der Waals surface area contributed by atoms with Crippen LogP contribution in [0.2, 0.25) is 0 Å². The first-order valence-corrected chi connectivity index (χ1v) is 9.13. The number of methoxy groups -OCH3 is 1. The van der Waals surface area contributed by atoms with Crippen molar-refractivity contribution in [3.63, 3.8) is 0 Å². The van der Waals surface area contributed by atoms with Gasteiger partial charge in [-0.15, -0.1) is 0 Å². The van der Waals surface area contributed by atoms with E-state index in [0.717, 1.165) is 11.3 Å². The second-order valence-corrected chi connectivity index (χ2v) is 7.17. The quantitative estimate of drug-likeness (QED) is 0.713. The predicted molar refractivity (Wildman–Crippen MR) is 104 cm³/mol. The molecule has 1 N–H and O–H groups in total. The molecule has 0 aromatic heterocycles. The topological polar surface area (TPSA) is 29.5 Å². The fourth-order valence-electron chi connectivity index (χ4n) is 4.58. The highest BCUT2D eigenvalue weighted by Crippen LogP contribution is 2.64. The lowest BCUT2D eigenvalue weighted by Gasteiger charge is -2.58. The van der Waals surface area contributed by atoms with E-state index >= 15 is 0 Å². The number of hydrogen-bond acceptors (Lipinski definition) is 2. The van der Waals surface area contributed by atoms with Crippen molar-refractivity contribution in [3.05, 3.63) is 102 Å². The predicted octanol–water partition coefficient (Wildman–Crippen LogP) is 5.10. The average Bonchev–Trinajstić information content (AvgIpc) is 2.72. The molecule has 1 fully saturated rings. The summed E-state index contributed by atoms with van der Waals surface area (Å²) in [5, 5.41) is 11.8. The maximum Gasteiger partial charge on any atom is 0.118 e. The third-order valence-electron chi connectivity index (χ3n) is 5.96. The summed E-state index contributed by atoms with van der Waals surface area (Å²) in [6.07, 6.45) is 0. The number of ether oxygens (including phenoxy) is 1. The summed E-state index contributed by atoms with van der Waals surface area (Å²) in [6, 6.07) is 28.7. The Bertz CT molecular complexity index is 858. The van der Waals surface area contributed by atoms with Gasteiger partial charge in [-0.25, -0.2) is 0 Å². The summed E-state index contributed by atoms with van der Waals surface area (Å²) < 4.78 is 5.30. The van der Waals surface area contributed by atoms with Gasteiger partial charge in [0.2, 0.25) is 0 Å². The largest absolute Gasteiger partial charge is 0.497 e. The lowest BCUT2D eigenvalue weighted by molar-refractivity contribution is -0.136. The summed E-state index contributed by atoms with van der Waals surface area (Å²) in [4.78, 5) is 0. The maximum absolute atomic E-state index is 11.8. The van der Waals surface area contributed by atoms with Gasteiger partial charge in [-0.05, 0) is 40.7 Å². The van der Waals surface area contributed by atoms with Gasteiger partial charge in [0, 0.05) is 5.92 Å². The molecule has 1 saturated carbocycles. The van der Waals surface area contributed by atoms with Crippen LogP contribution in [0, 0.1) is 5.92 Å². The summed E-state index contributed by atoms with van der Waals surface area (Å²) in [5.41, 5.74) is 2.55. The second kappa shape index (κ2) is 6.62. The monoisotopic (exact) mass is 344 g/mol. The minimum atomic E-state index is -0.868. The second-order valence-electron chi connectivity index (χ2n) is 7.17. The van der Waals surface area contributed by atoms with Gasteiger partial charge in [-0.3, -0.25) is 0 Å². The molecule has 0 radical (unpaired) electrons. The number of hydrogen-bond donors (Lipinski definition) is 1. The molecule has 4 rings (SSSR count). The van der Waals surface area contributed by atoms with Crippen molar-refractivity contribution in [2.75, 3.05) is 7.11 Å². The van der Waals surface area contributed by atoms with Gasteiger partial charge in [0.25, 0.3) is 0 Å². The average molecular weight is 344 g/mol. The Morgan fingerprint density at radius 3 is 1.92 bits per heavy atom. The maximum atomic E-state index is 11.8. The van der Waals surface area contributed by atoms with Crippen molar-refractivity contribution in [1.29, 1.82) is 0 Å². The Labute approximate surface area is 155 Å². The van der Waals surface area contributed by atoms with Crippen molar-refractivity contribution < 1.29 is 9.84 Å². The van der Waals surface area contributed by atoms with Gasteiger partial charge in [0.05, 0.1) is 7.11 Å². The van der Waals surface area contributed by atoms with E-state index in [4.69, 9.17) is 4.74 Å². The van der Waals surface area contributed by atoms with E-state index in [-0.39, 0.29) is 17.8 Å². The van der Waals surface area contributed by atoms with E-state index in [1.807, 2.05) is 48.5 Å². The standard InChI is InChI=1S/C24H24O2/c1-17-22(18-13-15-21(26-2)16-14-18)23(19-9-5-3-6-10-19)24(17,25)20-11-7-4-8-12-20/h3-17,22-23,25H,1-2H3/t17-,22-,23-,24-/m1/s1. The molecular formula is C24H24O2. The zero-order valence-corrected chi connectivity index (χ0v) is 15.2. The molecule has 1 aliphatic carbocycles. The molecule has 0 unspecified atom stereocenters. The molecule has 0 heterocycles. The Hall–Kier alpha value is -2.58. The Morgan fingerprint density at radius 2 is 1.35 bits per heavy atom. The Balaban J connectivity index is 1.79. The lowest BCUT2D eigenvalue weighted by Crippen LogP contribution is -2.55. The highest BCUT2D eigenvalue weighted by atomic mass is 16.5. The first-order chi connectivity index (χ1) is 12.7. The van der Waals surface area contributed by atoms with Crippen LogP contribution in [0.4, 0.5) is 0 Å². The van der Waals surface area contributed by atoms with Crippen LogP contribution < -0.4 is 4.74 Å². The molecule has 0 saturated heterocycles. The molecule has 26 heavy (non-hydrogen) atoms. The highest BCUT2D eigenvalue weighted by molar-refractivity contribution is 5.45. The fraction of sp³-hybridized carbons (Fsp3) is 0.250. The lowest BCUT2D eigenvalue weighted by atomic mass is 9.48. The van der Waals surface area contributed by atoms with Gasteiger partial charge in [0.1, 0.15) is 11.4 Å². The molecule has 0 aliphatic heterocycles. The van der Waals surface area contributed by atoms with Crippen LogP contribution in [0.1, 0.15) is 35.4 Å². The molecule has 2 heteroatoms. The molecule has 0 amide bonds. The minimum Gasteiger partial charge on any atom is -0.497 e. The molecule has 4 atom stereocenters. The number of benzene rings is 3. The first kappa shape index (κ1) is 16.9. The van der Waals surface area contributed by atoms with E-state index in [1.165, 1.54) is 11.1 Å². The van der Waals surface area contributed by atoms with Crippen molar-refractivity contribution in [2.24, 2.45) is 5.92 Å². The zero-order chi connectivity index (χ0) is 18.1. The van der Waals surface area contributed by atoms with Gasteiger partial charge in [-0.2, -0.15) is 0 Å². The van der Waals surface area contributed by atoms with Gasteiger partial charge in [-0.1, -0.05) is 79.7 Å². The van der Waals surface area contributed by atoms with Crippen LogP contribution in [0.25, 0.3) is 0 Å². The normalized spacial score (nSPS) is 27.6. The van der Waals surface area contributed by atoms with Crippen molar-refractivity contribution in [2.45, 2.75) is 24.4 Å². The molecule has 1 aliphatic rings. The van der Waals surface area contributed by atoms with Crippen LogP contribution in [-0.2, 0) is 5.60 Å². The van der Waals surface area contributed by atoms with Crippen LogP contribution in [-0.4, -0.2) is 12.2 Å². The molecule has 0 bridgehead atoms. The van der Waals surface area contributed by atoms with Gasteiger partial charge >= 0.3 is 0 Å². The molecular weight excluding hydrogens is 320 g/mol. The third-order valence-corrected chi connectivity index (χ3v) is 5.96. The Morgan fingerprint density at radius 1 is 0.769 bits per heavy atom. The number of aliphatic hydroxyl groups is 1. The minimum absolute atomic E-state index is 0.0227. The summed E-state index contributed by atoms with van der Waals surface area (Å²) >= 11 is 0. The third kappa shape index (κ3) is 2.53. The summed E-state index contributed by atoms with van der Waals surface area (Å²) in [7, 11) is 1.68. The van der Waals surface area contributed by atoms with E-state index in [1.54, 1.807) is 7.11 Å². The van der Waals surface area contributed by atoms with Gasteiger partial charge in [0.15, 0.2) is 0 Å². The van der Waals surface area contributed by atoms with Crippen LogP contribution in [0.3, 0.4) is 0 Å². The number of rotatable bonds is 4. The first-order valence-electron chi connectivity index (χ1n) is 9.13. The molecule has 132 valence electrons. The molecule has 3 aromatic rings. The summed E-state index contributed by atoms with van der Waals surface area (Å²) in [5.74, 6) is 1.25. The van der Waals surface area contributed by atoms with E-state index in [9.17, 15) is 5.11 Å². The van der Waals surface area contributed by atoms with Crippen molar-refractivity contribution in [3.8, 4) is 5.75 Å².